The number of benzene rings is 2. The minimum Gasteiger partial charge on any atom is -0.356 e. The van der Waals surface area contributed by atoms with Gasteiger partial charge in [-0.1, -0.05) is 23.9 Å². The van der Waals surface area contributed by atoms with Crippen LogP contribution < -0.4 is 15.5 Å². The lowest BCUT2D eigenvalue weighted by Gasteiger charge is -2.28. The average molecular weight is 470 g/mol. The molecule has 0 unspecified atom stereocenters. The maximum Gasteiger partial charge on any atom is 0.288 e. The lowest BCUT2D eigenvalue weighted by Crippen LogP contribution is -2.30. The normalized spacial score (nSPS) is 13.8. The Morgan fingerprint density at radius 3 is 2.42 bits per heavy atom. The molecular weight excluding hydrogens is 444 g/mol. The van der Waals surface area contributed by atoms with Crippen molar-refractivity contribution >= 4 is 40.8 Å². The Kier molecular flexibility index (Phi) is 7.39. The summed E-state index contributed by atoms with van der Waals surface area (Å²) in [5, 5.41) is 5.98. The number of aromatic nitrogens is 2. The molecule has 6 nitrogen and oxygen atoms in total. The third kappa shape index (κ3) is 6.19. The van der Waals surface area contributed by atoms with E-state index in [-0.39, 0.29) is 10.5 Å². The van der Waals surface area contributed by atoms with Gasteiger partial charge in [-0.25, -0.2) is 4.98 Å². The lowest BCUT2D eigenvalue weighted by molar-refractivity contribution is 0.102. The zero-order valence-electron chi connectivity index (χ0n) is 18.2. The highest BCUT2D eigenvalue weighted by atomic mass is 32.2. The van der Waals surface area contributed by atoms with Crippen molar-refractivity contribution in [2.45, 2.75) is 36.8 Å². The first-order valence-electron chi connectivity index (χ1n) is 10.8. The molecule has 0 spiro atoms. The second-order valence-electron chi connectivity index (χ2n) is 7.77. The average Bonchev–Trinajstić information content (AvgIpc) is 2.80. The van der Waals surface area contributed by atoms with Gasteiger partial charge >= 0.3 is 0 Å². The van der Waals surface area contributed by atoms with E-state index in [1.54, 1.807) is 24.3 Å². The molecular formula is C24H25F2N5OS. The van der Waals surface area contributed by atoms with Gasteiger partial charge < -0.3 is 15.5 Å². The predicted molar refractivity (Wildman–Crippen MR) is 129 cm³/mol. The number of carbonyl (C=O) groups is 1. The number of nitrogens with zero attached hydrogens (tertiary/aromatic N) is 3. The van der Waals surface area contributed by atoms with Crippen LogP contribution >= 0.6 is 11.8 Å². The molecule has 2 heterocycles. The van der Waals surface area contributed by atoms with Crippen LogP contribution in [0.1, 0.15) is 35.3 Å². The molecule has 4 rings (SSSR count). The Morgan fingerprint density at radius 2 is 1.70 bits per heavy atom. The molecule has 1 fully saturated rings. The Bertz CT molecular complexity index is 1100. The third-order valence-corrected chi connectivity index (χ3v) is 6.06. The molecule has 33 heavy (non-hydrogen) atoms. The van der Waals surface area contributed by atoms with Gasteiger partial charge in [-0.2, -0.15) is 13.8 Å². The quantitative estimate of drug-likeness (QED) is 0.408. The van der Waals surface area contributed by atoms with E-state index in [4.69, 9.17) is 0 Å². The fraction of sp³-hybridized carbons (Fsp3) is 0.292. The Morgan fingerprint density at radius 1 is 1.00 bits per heavy atom. The van der Waals surface area contributed by atoms with Gasteiger partial charge in [0.05, 0.1) is 5.56 Å². The van der Waals surface area contributed by atoms with Crippen LogP contribution in [-0.2, 0) is 0 Å². The van der Waals surface area contributed by atoms with Crippen LogP contribution in [0.3, 0.4) is 0 Å². The number of hydrogen-bond acceptors (Lipinski definition) is 6. The minimum absolute atomic E-state index is 0.211. The fourth-order valence-corrected chi connectivity index (χ4v) is 4.35. The topological polar surface area (TPSA) is 70.2 Å². The largest absolute Gasteiger partial charge is 0.356 e. The van der Waals surface area contributed by atoms with Crippen molar-refractivity contribution in [1.29, 1.82) is 0 Å². The van der Waals surface area contributed by atoms with Gasteiger partial charge in [-0.3, -0.25) is 4.79 Å². The minimum atomic E-state index is -2.59. The van der Waals surface area contributed by atoms with Crippen molar-refractivity contribution in [3.63, 3.8) is 0 Å². The maximum absolute atomic E-state index is 12.8. The van der Waals surface area contributed by atoms with Gasteiger partial charge in [0.2, 0.25) is 5.95 Å². The number of thioether (sulfide) groups is 1. The van der Waals surface area contributed by atoms with E-state index in [2.05, 4.69) is 25.5 Å². The van der Waals surface area contributed by atoms with E-state index in [0.29, 0.717) is 23.4 Å². The number of anilines is 4. The first-order chi connectivity index (χ1) is 16.0. The standard InChI is InChI=1S/C24H25F2N5OS/c1-16-15-21(31-13-5-2-6-14-31)30-24(27-16)29-18-11-9-17(10-12-18)28-22(32)19-7-3-4-8-20(19)33-23(25)26/h3-4,7-12,15,23H,2,5-6,13-14H2,1H3,(H,28,32)(H,27,29,30). The molecule has 0 bridgehead atoms. The smallest absolute Gasteiger partial charge is 0.288 e. The van der Waals surface area contributed by atoms with Gasteiger partial charge in [0.1, 0.15) is 5.82 Å². The molecule has 1 saturated heterocycles. The summed E-state index contributed by atoms with van der Waals surface area (Å²) in [6, 6.07) is 15.4. The van der Waals surface area contributed by atoms with Gasteiger partial charge in [0.25, 0.3) is 11.7 Å². The summed E-state index contributed by atoms with van der Waals surface area (Å²) in [5.41, 5.74) is 2.43. The number of amides is 1. The predicted octanol–water partition coefficient (Wildman–Crippen LogP) is 6.09. The first-order valence-corrected chi connectivity index (χ1v) is 11.7. The second kappa shape index (κ2) is 10.6. The van der Waals surface area contributed by atoms with E-state index in [1.807, 2.05) is 25.1 Å². The number of piperidine rings is 1. The van der Waals surface area contributed by atoms with Gasteiger partial charge in [0, 0.05) is 41.1 Å². The summed E-state index contributed by atoms with van der Waals surface area (Å²) in [7, 11) is 0. The second-order valence-corrected chi connectivity index (χ2v) is 8.80. The molecule has 0 saturated carbocycles. The highest BCUT2D eigenvalue weighted by Crippen LogP contribution is 2.29. The SMILES string of the molecule is Cc1cc(N2CCCCC2)nc(Nc2ccc(NC(=O)c3ccccc3SC(F)F)cc2)n1. The summed E-state index contributed by atoms with van der Waals surface area (Å²) >= 11 is 0.359. The van der Waals surface area contributed by atoms with Crippen LogP contribution in [0.4, 0.5) is 31.9 Å². The molecule has 1 aliphatic heterocycles. The van der Waals surface area contributed by atoms with Gasteiger partial charge in [0.15, 0.2) is 0 Å². The Hall–Kier alpha value is -3.20. The van der Waals surface area contributed by atoms with Crippen molar-refractivity contribution in [1.82, 2.24) is 9.97 Å². The number of aryl methyl sites for hydroxylation is 1. The number of hydrogen-bond donors (Lipinski definition) is 2. The van der Waals surface area contributed by atoms with Crippen LogP contribution in [0.5, 0.6) is 0 Å². The lowest BCUT2D eigenvalue weighted by atomic mass is 10.1. The van der Waals surface area contributed by atoms with Crippen molar-refractivity contribution in [2.75, 3.05) is 28.6 Å². The third-order valence-electron chi connectivity index (χ3n) is 5.27. The molecule has 3 aromatic rings. The van der Waals surface area contributed by atoms with Crippen LogP contribution in [0.25, 0.3) is 0 Å². The Balaban J connectivity index is 1.43. The van der Waals surface area contributed by atoms with Crippen LogP contribution in [0.15, 0.2) is 59.5 Å². The first kappa shape index (κ1) is 23.0. The molecule has 1 aromatic heterocycles. The van der Waals surface area contributed by atoms with E-state index in [0.717, 1.165) is 30.3 Å². The van der Waals surface area contributed by atoms with Crippen molar-refractivity contribution < 1.29 is 13.6 Å². The molecule has 2 aromatic carbocycles. The Labute approximate surface area is 195 Å². The van der Waals surface area contributed by atoms with Crippen LogP contribution in [0.2, 0.25) is 0 Å². The number of rotatable bonds is 7. The number of nitrogens with one attached hydrogen (secondary N) is 2. The molecule has 172 valence electrons. The van der Waals surface area contributed by atoms with E-state index >= 15 is 0 Å². The molecule has 0 aliphatic carbocycles. The summed E-state index contributed by atoms with van der Waals surface area (Å²) < 4.78 is 25.6. The molecule has 9 heteroatoms. The zero-order valence-corrected chi connectivity index (χ0v) is 19.0. The molecule has 1 aliphatic rings. The van der Waals surface area contributed by atoms with Gasteiger partial charge in [-0.15, -0.1) is 0 Å². The molecule has 0 radical (unpaired) electrons. The van der Waals surface area contributed by atoms with Crippen LogP contribution in [0, 0.1) is 6.92 Å². The van der Waals surface area contributed by atoms with Crippen molar-refractivity contribution in [3.05, 3.63) is 65.9 Å². The van der Waals surface area contributed by atoms with Crippen LogP contribution in [-0.4, -0.2) is 34.7 Å². The van der Waals surface area contributed by atoms with E-state index < -0.39 is 11.7 Å². The fourth-order valence-electron chi connectivity index (χ4n) is 3.71. The molecule has 0 atom stereocenters. The summed E-state index contributed by atoms with van der Waals surface area (Å²) in [4.78, 5) is 24.3. The molecule has 1 amide bonds. The zero-order chi connectivity index (χ0) is 23.2. The van der Waals surface area contributed by atoms with Crippen molar-refractivity contribution in [2.24, 2.45) is 0 Å². The summed E-state index contributed by atoms with van der Waals surface area (Å²) in [5.74, 6) is -1.59. The number of carbonyl (C=O) groups excluding carboxylic acids is 1. The summed E-state index contributed by atoms with van der Waals surface area (Å²) in [6.07, 6.45) is 3.60. The summed E-state index contributed by atoms with van der Waals surface area (Å²) in [6.45, 7) is 3.95. The number of halogens is 2. The van der Waals surface area contributed by atoms with Crippen molar-refractivity contribution in [3.8, 4) is 0 Å². The van der Waals surface area contributed by atoms with E-state index in [9.17, 15) is 13.6 Å². The monoisotopic (exact) mass is 469 g/mol. The highest BCUT2D eigenvalue weighted by Gasteiger charge is 2.16. The van der Waals surface area contributed by atoms with Gasteiger partial charge in [-0.05, 0) is 62.6 Å². The molecule has 2 N–H and O–H groups in total. The maximum atomic E-state index is 12.8. The van der Waals surface area contributed by atoms with E-state index in [1.165, 1.54) is 31.4 Å². The highest BCUT2D eigenvalue weighted by molar-refractivity contribution is 7.99. The number of alkyl halides is 2.